The topological polar surface area (TPSA) is 84.9 Å². The molecule has 0 aliphatic heterocycles. The summed E-state index contributed by atoms with van der Waals surface area (Å²) in [6.45, 7) is 4.68. The Labute approximate surface area is 124 Å². The molecule has 0 spiro atoms. The van der Waals surface area contributed by atoms with Crippen molar-refractivity contribution in [3.63, 3.8) is 0 Å². The molecule has 21 heavy (non-hydrogen) atoms. The molecule has 1 amide bonds. The number of hydrogen-bond donors (Lipinski definition) is 2. The molecule has 0 heterocycles. The summed E-state index contributed by atoms with van der Waals surface area (Å²) in [5.74, 6) is -0.847. The zero-order valence-corrected chi connectivity index (χ0v) is 12.3. The number of carbonyl (C=O) groups excluding carboxylic acids is 1. The molecule has 0 saturated heterocycles. The molecule has 1 rings (SSSR count). The van der Waals surface area contributed by atoms with Crippen molar-refractivity contribution in [2.24, 2.45) is 0 Å². The molecule has 0 aromatic heterocycles. The van der Waals surface area contributed by atoms with Gasteiger partial charge in [0.05, 0.1) is 6.61 Å². The van der Waals surface area contributed by atoms with E-state index in [9.17, 15) is 9.59 Å². The molecule has 0 radical (unpaired) electrons. The van der Waals surface area contributed by atoms with Gasteiger partial charge in [-0.15, -0.1) is 0 Å². The van der Waals surface area contributed by atoms with E-state index >= 15 is 0 Å². The number of carboxylic acids is 1. The van der Waals surface area contributed by atoms with Crippen LogP contribution in [0.3, 0.4) is 0 Å². The number of benzene rings is 1. The average molecular weight is 295 g/mol. The van der Waals surface area contributed by atoms with E-state index in [1.54, 1.807) is 18.2 Å². The van der Waals surface area contributed by atoms with Crippen molar-refractivity contribution < 1.29 is 24.2 Å². The maximum absolute atomic E-state index is 11.2. The Morgan fingerprint density at radius 3 is 2.62 bits per heavy atom. The van der Waals surface area contributed by atoms with Crippen LogP contribution in [0.2, 0.25) is 0 Å². The van der Waals surface area contributed by atoms with Gasteiger partial charge in [-0.1, -0.05) is 18.2 Å². The van der Waals surface area contributed by atoms with Crippen molar-refractivity contribution in [1.29, 1.82) is 0 Å². The van der Waals surface area contributed by atoms with Crippen molar-refractivity contribution >= 4 is 11.9 Å². The summed E-state index contributed by atoms with van der Waals surface area (Å²) in [5.41, 5.74) is 0.732. The lowest BCUT2D eigenvalue weighted by molar-refractivity contribution is -0.141. The SMILES string of the molecule is CCOCCOc1ccccc1CC(NC(C)=O)C(=O)O. The molecule has 0 aliphatic rings. The molecule has 6 heteroatoms. The molecular formula is C15H21NO5. The highest BCUT2D eigenvalue weighted by molar-refractivity contribution is 5.82. The fourth-order valence-corrected chi connectivity index (χ4v) is 1.83. The zero-order chi connectivity index (χ0) is 15.7. The molecular weight excluding hydrogens is 274 g/mol. The van der Waals surface area contributed by atoms with Gasteiger partial charge in [-0.05, 0) is 18.6 Å². The maximum atomic E-state index is 11.2. The molecule has 116 valence electrons. The van der Waals surface area contributed by atoms with Crippen LogP contribution in [0, 0.1) is 0 Å². The molecule has 6 nitrogen and oxygen atoms in total. The molecule has 1 atom stereocenters. The minimum atomic E-state index is -1.07. The number of carboxylic acid groups (broad SMARTS) is 1. The molecule has 2 N–H and O–H groups in total. The predicted molar refractivity (Wildman–Crippen MR) is 77.4 cm³/mol. The van der Waals surface area contributed by atoms with E-state index in [4.69, 9.17) is 14.6 Å². The Kier molecular flexibility index (Phi) is 7.25. The first kappa shape index (κ1) is 17.0. The number of rotatable bonds is 9. The third-order valence-corrected chi connectivity index (χ3v) is 2.76. The Bertz CT molecular complexity index is 475. The highest BCUT2D eigenvalue weighted by Gasteiger charge is 2.20. The summed E-state index contributed by atoms with van der Waals surface area (Å²) >= 11 is 0. The Morgan fingerprint density at radius 2 is 2.00 bits per heavy atom. The van der Waals surface area contributed by atoms with Gasteiger partial charge in [0.25, 0.3) is 0 Å². The first-order chi connectivity index (χ1) is 10.0. The predicted octanol–water partition coefficient (Wildman–Crippen LogP) is 1.23. The van der Waals surface area contributed by atoms with Gasteiger partial charge in [-0.3, -0.25) is 4.79 Å². The van der Waals surface area contributed by atoms with Crippen LogP contribution in [0.5, 0.6) is 5.75 Å². The molecule has 0 saturated carbocycles. The third-order valence-electron chi connectivity index (χ3n) is 2.76. The number of aliphatic carboxylic acids is 1. The number of carbonyl (C=O) groups is 2. The second kappa shape index (κ2) is 8.97. The number of nitrogens with one attached hydrogen (secondary N) is 1. The van der Waals surface area contributed by atoms with Crippen LogP contribution in [0.25, 0.3) is 0 Å². The Hall–Kier alpha value is -2.08. The minimum Gasteiger partial charge on any atom is -0.491 e. The number of hydrogen-bond acceptors (Lipinski definition) is 4. The van der Waals surface area contributed by atoms with E-state index in [1.807, 2.05) is 13.0 Å². The summed E-state index contributed by atoms with van der Waals surface area (Å²) in [7, 11) is 0. The van der Waals surface area contributed by atoms with Crippen LogP contribution in [0.4, 0.5) is 0 Å². The third kappa shape index (κ3) is 6.27. The van der Waals surface area contributed by atoms with Crippen molar-refractivity contribution in [3.8, 4) is 5.75 Å². The van der Waals surface area contributed by atoms with Gasteiger partial charge >= 0.3 is 5.97 Å². The van der Waals surface area contributed by atoms with Crippen LogP contribution >= 0.6 is 0 Å². The molecule has 0 aliphatic carbocycles. The molecule has 1 aromatic rings. The fraction of sp³-hybridized carbons (Fsp3) is 0.467. The monoisotopic (exact) mass is 295 g/mol. The van der Waals surface area contributed by atoms with E-state index < -0.39 is 12.0 Å². The smallest absolute Gasteiger partial charge is 0.326 e. The lowest BCUT2D eigenvalue weighted by Gasteiger charge is -2.16. The van der Waals surface area contributed by atoms with Crippen molar-refractivity contribution in [1.82, 2.24) is 5.32 Å². The standard InChI is InChI=1S/C15H21NO5/c1-3-20-8-9-21-14-7-5-4-6-12(14)10-13(15(18)19)16-11(2)17/h4-7,13H,3,8-10H2,1-2H3,(H,16,17)(H,18,19). The van der Waals surface area contributed by atoms with Gasteiger partial charge in [-0.25, -0.2) is 4.79 Å². The van der Waals surface area contributed by atoms with Crippen LogP contribution < -0.4 is 10.1 Å². The Balaban J connectivity index is 2.72. The minimum absolute atomic E-state index is 0.166. The van der Waals surface area contributed by atoms with Gasteiger partial charge in [-0.2, -0.15) is 0 Å². The largest absolute Gasteiger partial charge is 0.491 e. The van der Waals surface area contributed by atoms with E-state index in [-0.39, 0.29) is 12.3 Å². The van der Waals surface area contributed by atoms with E-state index in [0.717, 1.165) is 5.56 Å². The lowest BCUT2D eigenvalue weighted by Crippen LogP contribution is -2.41. The van der Waals surface area contributed by atoms with Gasteiger partial charge in [0, 0.05) is 20.0 Å². The van der Waals surface area contributed by atoms with Gasteiger partial charge in [0.1, 0.15) is 18.4 Å². The maximum Gasteiger partial charge on any atom is 0.326 e. The first-order valence-corrected chi connectivity index (χ1v) is 6.83. The average Bonchev–Trinajstić information content (AvgIpc) is 2.44. The Morgan fingerprint density at radius 1 is 1.29 bits per heavy atom. The summed E-state index contributed by atoms with van der Waals surface area (Å²) in [5, 5.41) is 11.6. The highest BCUT2D eigenvalue weighted by atomic mass is 16.5. The normalized spacial score (nSPS) is 11.7. The number of ether oxygens (including phenoxy) is 2. The number of para-hydroxylation sites is 1. The van der Waals surface area contributed by atoms with Crippen molar-refractivity contribution in [3.05, 3.63) is 29.8 Å². The fourth-order valence-electron chi connectivity index (χ4n) is 1.83. The summed E-state index contributed by atoms with van der Waals surface area (Å²) < 4.78 is 10.8. The second-order valence-electron chi connectivity index (χ2n) is 4.45. The number of amides is 1. The first-order valence-electron chi connectivity index (χ1n) is 6.83. The van der Waals surface area contributed by atoms with Crippen molar-refractivity contribution in [2.45, 2.75) is 26.3 Å². The molecule has 1 aromatic carbocycles. The highest BCUT2D eigenvalue weighted by Crippen LogP contribution is 2.19. The van der Waals surface area contributed by atoms with Crippen LogP contribution in [-0.2, 0) is 20.7 Å². The van der Waals surface area contributed by atoms with Crippen LogP contribution in [-0.4, -0.2) is 42.8 Å². The summed E-state index contributed by atoms with van der Waals surface area (Å²) in [6.07, 6.45) is 0.166. The van der Waals surface area contributed by atoms with E-state index in [1.165, 1.54) is 6.92 Å². The van der Waals surface area contributed by atoms with Gasteiger partial charge in [0.2, 0.25) is 5.91 Å². The molecule has 1 unspecified atom stereocenters. The van der Waals surface area contributed by atoms with Crippen LogP contribution in [0.15, 0.2) is 24.3 Å². The van der Waals surface area contributed by atoms with Gasteiger partial charge < -0.3 is 19.9 Å². The van der Waals surface area contributed by atoms with Crippen LogP contribution in [0.1, 0.15) is 19.4 Å². The summed E-state index contributed by atoms with van der Waals surface area (Å²) in [6, 6.07) is 6.20. The second-order valence-corrected chi connectivity index (χ2v) is 4.45. The van der Waals surface area contributed by atoms with Gasteiger partial charge in [0.15, 0.2) is 0 Å². The lowest BCUT2D eigenvalue weighted by atomic mass is 10.0. The zero-order valence-electron chi connectivity index (χ0n) is 12.3. The van der Waals surface area contributed by atoms with Crippen molar-refractivity contribution in [2.75, 3.05) is 19.8 Å². The quantitative estimate of drug-likeness (QED) is 0.669. The van der Waals surface area contributed by atoms with E-state index in [2.05, 4.69) is 5.32 Å². The molecule has 0 bridgehead atoms. The molecule has 0 fully saturated rings. The summed E-state index contributed by atoms with van der Waals surface area (Å²) in [4.78, 5) is 22.2. The van der Waals surface area contributed by atoms with E-state index in [0.29, 0.717) is 25.6 Å².